The van der Waals surface area contributed by atoms with Gasteiger partial charge >= 0.3 is 11.9 Å². The second-order valence-corrected chi connectivity index (χ2v) is 9.17. The lowest BCUT2D eigenvalue weighted by Gasteiger charge is -2.26. The van der Waals surface area contributed by atoms with Crippen LogP contribution >= 0.6 is 11.3 Å². The zero-order valence-corrected chi connectivity index (χ0v) is 22.0. The van der Waals surface area contributed by atoms with E-state index in [-0.39, 0.29) is 17.7 Å². The van der Waals surface area contributed by atoms with Gasteiger partial charge in [0, 0.05) is 11.6 Å². The van der Waals surface area contributed by atoms with Crippen molar-refractivity contribution in [3.63, 3.8) is 0 Å². The molecule has 1 atom stereocenters. The zero-order valence-electron chi connectivity index (χ0n) is 21.2. The van der Waals surface area contributed by atoms with Crippen molar-refractivity contribution in [1.29, 1.82) is 0 Å². The van der Waals surface area contributed by atoms with E-state index in [0.29, 0.717) is 43.4 Å². The Bertz CT molecular complexity index is 1580. The number of hydrogen-bond donors (Lipinski definition) is 1. The lowest BCUT2D eigenvalue weighted by atomic mass is 9.95. The number of ether oxygens (including phenoxy) is 4. The number of aliphatic carboxylic acids is 1. The average Bonchev–Trinajstić information content (AvgIpc) is 3.21. The van der Waals surface area contributed by atoms with Crippen molar-refractivity contribution in [2.24, 2.45) is 4.99 Å². The van der Waals surface area contributed by atoms with E-state index in [2.05, 4.69) is 4.99 Å². The minimum Gasteiger partial charge on any atom is -0.497 e. The van der Waals surface area contributed by atoms with E-state index in [0.717, 1.165) is 0 Å². The Morgan fingerprint density at radius 3 is 2.45 bits per heavy atom. The van der Waals surface area contributed by atoms with Gasteiger partial charge in [0.15, 0.2) is 11.4 Å². The number of allylic oxidation sites excluding steroid dienone is 1. The number of carbonyl (C=O) groups is 2. The Morgan fingerprint density at radius 2 is 1.82 bits per heavy atom. The summed E-state index contributed by atoms with van der Waals surface area (Å²) in [6, 6.07) is 11.0. The number of nitrogens with zero attached hydrogens (tertiary/aromatic N) is 2. The van der Waals surface area contributed by atoms with Crippen LogP contribution in [0.25, 0.3) is 6.08 Å². The average molecular weight is 539 g/mol. The molecule has 0 saturated carbocycles. The van der Waals surface area contributed by atoms with E-state index in [4.69, 9.17) is 24.1 Å². The summed E-state index contributed by atoms with van der Waals surface area (Å²) in [6.07, 6.45) is 1.70. The lowest BCUT2D eigenvalue weighted by Crippen LogP contribution is -2.40. The normalized spacial score (nSPS) is 14.9. The molecule has 2 heterocycles. The summed E-state index contributed by atoms with van der Waals surface area (Å²) in [6.45, 7) is 3.14. The van der Waals surface area contributed by atoms with Crippen LogP contribution in [0.1, 0.15) is 31.0 Å². The number of benzene rings is 2. The van der Waals surface area contributed by atoms with Gasteiger partial charge in [-0.25, -0.2) is 14.6 Å². The van der Waals surface area contributed by atoms with Crippen LogP contribution in [-0.2, 0) is 14.3 Å². The van der Waals surface area contributed by atoms with Crippen molar-refractivity contribution >= 4 is 29.4 Å². The predicted octanol–water partition coefficient (Wildman–Crippen LogP) is 2.28. The molecule has 2 aromatic carbocycles. The minimum absolute atomic E-state index is 0.165. The van der Waals surface area contributed by atoms with Crippen molar-refractivity contribution in [3.8, 4) is 17.2 Å². The standard InChI is InChI=1S/C27H26N2O8S/c1-5-36-26(33)23-15(2)28-27-29(24(23)19-11-10-18(34-3)13-20(19)35-4)25(32)21(38-27)12-16-6-8-17(9-7-16)37-14-22(30)31/h6-13,24H,5,14H2,1-4H3,(H,30,31)/b21-12+/t24-/m0/s1. The molecule has 0 unspecified atom stereocenters. The Labute approximate surface area is 221 Å². The molecule has 4 rings (SSSR count). The van der Waals surface area contributed by atoms with Gasteiger partial charge in [-0.3, -0.25) is 9.36 Å². The summed E-state index contributed by atoms with van der Waals surface area (Å²) in [5.74, 6) is -0.240. The fourth-order valence-electron chi connectivity index (χ4n) is 4.09. The Hall–Kier alpha value is -4.38. The third kappa shape index (κ3) is 5.32. The number of carboxylic acids is 1. The third-order valence-electron chi connectivity index (χ3n) is 5.79. The molecule has 0 bridgehead atoms. The van der Waals surface area contributed by atoms with Crippen LogP contribution in [0.3, 0.4) is 0 Å². The molecule has 1 N–H and O–H groups in total. The molecule has 0 radical (unpaired) electrons. The van der Waals surface area contributed by atoms with Crippen LogP contribution in [0, 0.1) is 0 Å². The molecule has 0 aliphatic carbocycles. The fraction of sp³-hybridized carbons (Fsp3) is 0.259. The molecule has 10 nitrogen and oxygen atoms in total. The lowest BCUT2D eigenvalue weighted by molar-refractivity contribution is -0.140. The van der Waals surface area contributed by atoms with Gasteiger partial charge in [0.1, 0.15) is 23.3 Å². The van der Waals surface area contributed by atoms with E-state index in [1.165, 1.54) is 30.1 Å². The van der Waals surface area contributed by atoms with Crippen LogP contribution < -0.4 is 29.1 Å². The van der Waals surface area contributed by atoms with Crippen LogP contribution in [0.2, 0.25) is 0 Å². The molecular formula is C27H26N2O8S. The van der Waals surface area contributed by atoms with Gasteiger partial charge in [0.25, 0.3) is 5.56 Å². The number of esters is 1. The largest absolute Gasteiger partial charge is 0.497 e. The van der Waals surface area contributed by atoms with Gasteiger partial charge in [-0.1, -0.05) is 23.5 Å². The maximum atomic E-state index is 13.8. The molecule has 1 aromatic heterocycles. The smallest absolute Gasteiger partial charge is 0.341 e. The van der Waals surface area contributed by atoms with E-state index in [1.807, 2.05) is 0 Å². The summed E-state index contributed by atoms with van der Waals surface area (Å²) in [7, 11) is 3.04. The van der Waals surface area contributed by atoms with Crippen LogP contribution in [0.5, 0.6) is 17.2 Å². The van der Waals surface area contributed by atoms with E-state index < -0.39 is 24.6 Å². The summed E-state index contributed by atoms with van der Waals surface area (Å²) in [4.78, 5) is 42.6. The molecule has 0 saturated heterocycles. The Balaban J connectivity index is 1.86. The number of aromatic nitrogens is 1. The highest BCUT2D eigenvalue weighted by molar-refractivity contribution is 7.07. The van der Waals surface area contributed by atoms with E-state index >= 15 is 0 Å². The Morgan fingerprint density at radius 1 is 1.11 bits per heavy atom. The SMILES string of the molecule is CCOC(=O)C1=C(C)N=c2s/c(=C/c3ccc(OCC(=O)O)cc3)c(=O)n2[C@H]1c1ccc(OC)cc1OC. The fourth-order valence-corrected chi connectivity index (χ4v) is 5.13. The molecule has 1 aliphatic heterocycles. The highest BCUT2D eigenvalue weighted by Gasteiger charge is 2.35. The van der Waals surface area contributed by atoms with Gasteiger partial charge in [-0.2, -0.15) is 0 Å². The summed E-state index contributed by atoms with van der Waals surface area (Å²) < 4.78 is 23.3. The minimum atomic E-state index is -1.07. The van der Waals surface area contributed by atoms with Gasteiger partial charge in [-0.15, -0.1) is 0 Å². The molecule has 11 heteroatoms. The number of thiazole rings is 1. The molecule has 38 heavy (non-hydrogen) atoms. The first kappa shape index (κ1) is 26.7. The van der Waals surface area contributed by atoms with Crippen molar-refractivity contribution < 1.29 is 33.6 Å². The molecule has 0 spiro atoms. The first-order valence-electron chi connectivity index (χ1n) is 11.6. The van der Waals surface area contributed by atoms with Crippen LogP contribution in [-0.4, -0.2) is 49.0 Å². The summed E-state index contributed by atoms with van der Waals surface area (Å²) >= 11 is 1.19. The molecule has 198 valence electrons. The second-order valence-electron chi connectivity index (χ2n) is 8.16. The highest BCUT2D eigenvalue weighted by atomic mass is 32.1. The summed E-state index contributed by atoms with van der Waals surface area (Å²) in [5.41, 5.74) is 1.64. The molecular weight excluding hydrogens is 512 g/mol. The maximum absolute atomic E-state index is 13.8. The van der Waals surface area contributed by atoms with Gasteiger partial charge in [0.05, 0.1) is 36.6 Å². The summed E-state index contributed by atoms with van der Waals surface area (Å²) in [5, 5.41) is 8.78. The highest BCUT2D eigenvalue weighted by Crippen LogP contribution is 2.37. The number of hydrogen-bond acceptors (Lipinski definition) is 9. The van der Waals surface area contributed by atoms with Gasteiger partial charge < -0.3 is 24.1 Å². The topological polar surface area (TPSA) is 126 Å². The van der Waals surface area contributed by atoms with E-state index in [1.54, 1.807) is 62.4 Å². The first-order valence-corrected chi connectivity index (χ1v) is 12.4. The molecule has 0 amide bonds. The third-order valence-corrected chi connectivity index (χ3v) is 6.78. The first-order chi connectivity index (χ1) is 18.3. The van der Waals surface area contributed by atoms with Crippen LogP contribution in [0.4, 0.5) is 0 Å². The number of carbonyl (C=O) groups excluding carboxylic acids is 1. The second kappa shape index (κ2) is 11.3. The van der Waals surface area contributed by atoms with E-state index in [9.17, 15) is 14.4 Å². The molecule has 0 fully saturated rings. The number of fused-ring (bicyclic) bond motifs is 1. The van der Waals surface area contributed by atoms with Crippen molar-refractivity contribution in [1.82, 2.24) is 4.57 Å². The van der Waals surface area contributed by atoms with Crippen molar-refractivity contribution in [2.75, 3.05) is 27.4 Å². The number of rotatable bonds is 9. The predicted molar refractivity (Wildman–Crippen MR) is 140 cm³/mol. The molecule has 1 aliphatic rings. The van der Waals surface area contributed by atoms with Gasteiger partial charge in [-0.05, 0) is 49.8 Å². The Kier molecular flexibility index (Phi) is 7.96. The van der Waals surface area contributed by atoms with Crippen molar-refractivity contribution in [2.45, 2.75) is 19.9 Å². The maximum Gasteiger partial charge on any atom is 0.341 e. The monoisotopic (exact) mass is 538 g/mol. The molecule has 3 aromatic rings. The zero-order chi connectivity index (χ0) is 27.4. The number of methoxy groups -OCH3 is 2. The van der Waals surface area contributed by atoms with Crippen molar-refractivity contribution in [3.05, 3.63) is 84.5 Å². The quantitative estimate of drug-likeness (QED) is 0.412. The van der Waals surface area contributed by atoms with Crippen LogP contribution in [0.15, 0.2) is 63.5 Å². The van der Waals surface area contributed by atoms with Gasteiger partial charge in [0.2, 0.25) is 0 Å². The number of carboxylic acid groups (broad SMARTS) is 1.